The van der Waals surface area contributed by atoms with Crippen LogP contribution in [-0.4, -0.2) is 15.7 Å². The summed E-state index contributed by atoms with van der Waals surface area (Å²) in [6, 6.07) is 16.5. The van der Waals surface area contributed by atoms with E-state index in [0.29, 0.717) is 18.2 Å². The summed E-state index contributed by atoms with van der Waals surface area (Å²) in [4.78, 5) is 12.7. The van der Waals surface area contributed by atoms with E-state index in [0.717, 1.165) is 24.1 Å². The van der Waals surface area contributed by atoms with Crippen LogP contribution in [0.25, 0.3) is 0 Å². The van der Waals surface area contributed by atoms with E-state index in [4.69, 9.17) is 0 Å². The van der Waals surface area contributed by atoms with Crippen LogP contribution in [0.15, 0.2) is 71.2 Å². The summed E-state index contributed by atoms with van der Waals surface area (Å²) in [6.45, 7) is 0.634. The number of nitrogens with zero attached hydrogens (tertiary/aromatic N) is 4. The summed E-state index contributed by atoms with van der Waals surface area (Å²) in [6.07, 6.45) is 9.61. The molecule has 6 nitrogen and oxygen atoms in total. The van der Waals surface area contributed by atoms with Gasteiger partial charge in [-0.3, -0.25) is 9.48 Å². The van der Waals surface area contributed by atoms with E-state index in [1.807, 2.05) is 47.3 Å². The number of benzene rings is 2. The third-order valence-electron chi connectivity index (χ3n) is 6.08. The van der Waals surface area contributed by atoms with Crippen LogP contribution in [-0.2, 0) is 6.54 Å². The topological polar surface area (TPSA) is 71.6 Å². The molecule has 2 aromatic carbocycles. The number of hydrogen-bond acceptors (Lipinski definition) is 4. The van der Waals surface area contributed by atoms with E-state index >= 15 is 0 Å². The minimum atomic E-state index is -0.132. The molecule has 1 unspecified atom stereocenters. The smallest absolute Gasteiger partial charge is 0.258 e. The van der Waals surface area contributed by atoms with Crippen LogP contribution >= 0.6 is 0 Å². The second-order valence-electron chi connectivity index (χ2n) is 8.09. The van der Waals surface area contributed by atoms with Crippen molar-refractivity contribution in [2.45, 2.75) is 50.7 Å². The van der Waals surface area contributed by atoms with Gasteiger partial charge in [-0.05, 0) is 41.7 Å². The molecule has 1 N–H and O–H groups in total. The van der Waals surface area contributed by atoms with Crippen LogP contribution in [0.3, 0.4) is 0 Å². The van der Waals surface area contributed by atoms with Crippen LogP contribution in [0.1, 0.15) is 71.2 Å². The molecule has 0 radical (unpaired) electrons. The summed E-state index contributed by atoms with van der Waals surface area (Å²) in [5, 5.41) is 16.1. The monoisotopic (exact) mass is 399 g/mol. The van der Waals surface area contributed by atoms with Crippen LogP contribution in [0.4, 0.5) is 5.69 Å². The first-order valence-corrected chi connectivity index (χ1v) is 10.7. The van der Waals surface area contributed by atoms with Crippen LogP contribution < -0.4 is 5.32 Å². The zero-order chi connectivity index (χ0) is 20.3. The predicted molar refractivity (Wildman–Crippen MR) is 116 cm³/mol. The van der Waals surface area contributed by atoms with Crippen molar-refractivity contribution in [1.82, 2.24) is 9.78 Å². The Morgan fingerprint density at radius 3 is 2.63 bits per heavy atom. The molecule has 2 heterocycles. The fourth-order valence-electron chi connectivity index (χ4n) is 4.40. The highest BCUT2D eigenvalue weighted by Gasteiger charge is 2.20. The Morgan fingerprint density at radius 1 is 1.00 bits per heavy atom. The molecule has 1 aromatic heterocycles. The summed E-state index contributed by atoms with van der Waals surface area (Å²) in [5.74, 6) is -0.132. The lowest BCUT2D eigenvalue weighted by molar-refractivity contribution is 0.102. The Hall–Kier alpha value is -3.28. The number of amides is 1. The largest absolute Gasteiger partial charge is 0.322 e. The maximum atomic E-state index is 12.7. The van der Waals surface area contributed by atoms with Gasteiger partial charge in [0, 0.05) is 11.9 Å². The summed E-state index contributed by atoms with van der Waals surface area (Å²) in [5.41, 5.74) is 4.83. The zero-order valence-electron chi connectivity index (χ0n) is 16.9. The van der Waals surface area contributed by atoms with Gasteiger partial charge >= 0.3 is 0 Å². The first kappa shape index (κ1) is 18.7. The number of anilines is 1. The highest BCUT2D eigenvalue weighted by Crippen LogP contribution is 2.33. The summed E-state index contributed by atoms with van der Waals surface area (Å²) >= 11 is 0. The number of carbonyl (C=O) groups excluding carboxylic acids is 1. The molecule has 1 fully saturated rings. The fourth-order valence-corrected chi connectivity index (χ4v) is 4.40. The minimum absolute atomic E-state index is 0.0894. The van der Waals surface area contributed by atoms with E-state index in [-0.39, 0.29) is 11.9 Å². The molecule has 6 heteroatoms. The van der Waals surface area contributed by atoms with E-state index in [1.165, 1.54) is 30.4 Å². The van der Waals surface area contributed by atoms with E-state index in [1.54, 1.807) is 6.20 Å². The maximum Gasteiger partial charge on any atom is 0.258 e. The van der Waals surface area contributed by atoms with Gasteiger partial charge in [0.25, 0.3) is 5.91 Å². The first-order valence-electron chi connectivity index (χ1n) is 10.7. The van der Waals surface area contributed by atoms with Crippen LogP contribution in [0.2, 0.25) is 0 Å². The van der Waals surface area contributed by atoms with Gasteiger partial charge in [-0.15, -0.1) is 0 Å². The van der Waals surface area contributed by atoms with Gasteiger partial charge in [-0.25, -0.2) is 0 Å². The van der Waals surface area contributed by atoms with Crippen molar-refractivity contribution in [3.63, 3.8) is 0 Å². The van der Waals surface area contributed by atoms with E-state index in [2.05, 4.69) is 32.8 Å². The average molecular weight is 399 g/mol. The number of hydrogen-bond donors (Lipinski definition) is 1. The Morgan fingerprint density at radius 2 is 1.80 bits per heavy atom. The molecule has 30 heavy (non-hydrogen) atoms. The highest BCUT2D eigenvalue weighted by molar-refractivity contribution is 6.03. The van der Waals surface area contributed by atoms with Gasteiger partial charge < -0.3 is 5.32 Å². The van der Waals surface area contributed by atoms with Crippen molar-refractivity contribution < 1.29 is 4.79 Å². The number of azo groups is 1. The van der Waals surface area contributed by atoms with Gasteiger partial charge in [0.2, 0.25) is 0 Å². The molecule has 0 spiro atoms. The van der Waals surface area contributed by atoms with Gasteiger partial charge in [0.05, 0.1) is 24.3 Å². The number of carbonyl (C=O) groups is 1. The molecule has 0 bridgehead atoms. The molecule has 152 valence electrons. The molecular weight excluding hydrogens is 374 g/mol. The van der Waals surface area contributed by atoms with Crippen molar-refractivity contribution in [3.05, 3.63) is 83.2 Å². The van der Waals surface area contributed by atoms with Crippen molar-refractivity contribution in [3.8, 4) is 0 Å². The SMILES string of the molecule is O=C(Nc1ccc(C2N=NCc3ccccc32)cc1)c1cnn(C2CCCCC2)c1. The van der Waals surface area contributed by atoms with E-state index in [9.17, 15) is 4.79 Å². The van der Waals surface area contributed by atoms with Crippen molar-refractivity contribution in [1.29, 1.82) is 0 Å². The second kappa shape index (κ2) is 8.22. The normalized spacial score (nSPS) is 18.7. The maximum absolute atomic E-state index is 12.7. The van der Waals surface area contributed by atoms with Crippen LogP contribution in [0.5, 0.6) is 0 Å². The molecular formula is C24H25N5O. The summed E-state index contributed by atoms with van der Waals surface area (Å²) < 4.78 is 1.96. The molecule has 0 saturated heterocycles. The Kier molecular flexibility index (Phi) is 5.13. The molecule has 5 rings (SSSR count). The number of rotatable bonds is 4. The van der Waals surface area contributed by atoms with E-state index < -0.39 is 0 Å². The fraction of sp³-hybridized carbons (Fsp3) is 0.333. The third kappa shape index (κ3) is 3.77. The Balaban J connectivity index is 1.27. The predicted octanol–water partition coefficient (Wildman–Crippen LogP) is 5.70. The molecule has 1 aliphatic heterocycles. The quantitative estimate of drug-likeness (QED) is 0.611. The molecule has 3 aromatic rings. The molecule has 1 aliphatic carbocycles. The van der Waals surface area contributed by atoms with Gasteiger partial charge in [0.1, 0.15) is 6.04 Å². The van der Waals surface area contributed by atoms with Gasteiger partial charge in [0.15, 0.2) is 0 Å². The Labute approximate surface area is 176 Å². The standard InChI is InChI=1S/C24H25N5O/c30-24(19-15-26-29(16-19)21-7-2-1-3-8-21)27-20-12-10-17(11-13-20)23-22-9-5-4-6-18(22)14-25-28-23/h4-6,9-13,15-16,21,23H,1-3,7-8,14H2,(H,27,30). The second-order valence-corrected chi connectivity index (χ2v) is 8.09. The lowest BCUT2D eigenvalue weighted by Gasteiger charge is -2.21. The van der Waals surface area contributed by atoms with Crippen LogP contribution in [0, 0.1) is 0 Å². The highest BCUT2D eigenvalue weighted by atomic mass is 16.1. The molecule has 1 atom stereocenters. The molecule has 1 saturated carbocycles. The van der Waals surface area contributed by atoms with Gasteiger partial charge in [-0.1, -0.05) is 55.7 Å². The Bertz CT molecular complexity index is 1060. The zero-order valence-corrected chi connectivity index (χ0v) is 16.9. The lowest BCUT2D eigenvalue weighted by Crippen LogP contribution is -2.14. The number of nitrogens with one attached hydrogen (secondary N) is 1. The number of fused-ring (bicyclic) bond motifs is 1. The first-order chi connectivity index (χ1) is 14.8. The van der Waals surface area contributed by atoms with Crippen molar-refractivity contribution in [2.24, 2.45) is 10.2 Å². The average Bonchev–Trinajstić information content (AvgIpc) is 3.31. The lowest BCUT2D eigenvalue weighted by atomic mass is 9.94. The van der Waals surface area contributed by atoms with Crippen molar-refractivity contribution in [2.75, 3.05) is 5.32 Å². The number of aromatic nitrogens is 2. The molecule has 1 amide bonds. The van der Waals surface area contributed by atoms with Crippen molar-refractivity contribution >= 4 is 11.6 Å². The summed E-state index contributed by atoms with van der Waals surface area (Å²) in [7, 11) is 0. The molecule has 2 aliphatic rings. The minimum Gasteiger partial charge on any atom is -0.322 e. The third-order valence-corrected chi connectivity index (χ3v) is 6.08. The van der Waals surface area contributed by atoms with Gasteiger partial charge in [-0.2, -0.15) is 15.3 Å².